The number of hydrogen-bond acceptors (Lipinski definition) is 4. The molecule has 3 aromatic rings. The van der Waals surface area contributed by atoms with Gasteiger partial charge in [0.25, 0.3) is 0 Å². The van der Waals surface area contributed by atoms with Crippen LogP contribution < -0.4 is 4.74 Å². The van der Waals surface area contributed by atoms with Gasteiger partial charge < -0.3 is 4.74 Å². The molecular weight excluding hydrogens is 276 g/mol. The van der Waals surface area contributed by atoms with E-state index in [1.165, 1.54) is 4.80 Å². The standard InChI is InChI=1S/C14H13ClN4O/c1-9-5-10-6-11(15)3-4-13(10)14(17-9)20-8-12-7-16-19(2)18-12/h3-7H,8H2,1-2H3. The van der Waals surface area contributed by atoms with Gasteiger partial charge >= 0.3 is 0 Å². The predicted octanol–water partition coefficient (Wildman–Crippen LogP) is 2.90. The van der Waals surface area contributed by atoms with Crippen LogP contribution in [0.2, 0.25) is 5.02 Å². The zero-order chi connectivity index (χ0) is 14.1. The van der Waals surface area contributed by atoms with Crippen molar-refractivity contribution in [1.82, 2.24) is 20.0 Å². The lowest BCUT2D eigenvalue weighted by Gasteiger charge is -2.08. The molecule has 0 saturated carbocycles. The number of ether oxygens (including phenoxy) is 1. The third kappa shape index (κ3) is 2.58. The Morgan fingerprint density at radius 1 is 1.30 bits per heavy atom. The molecule has 0 N–H and O–H groups in total. The molecule has 5 nitrogen and oxygen atoms in total. The molecule has 1 aromatic carbocycles. The van der Waals surface area contributed by atoms with Crippen LogP contribution in [0.25, 0.3) is 10.8 Å². The molecule has 0 unspecified atom stereocenters. The second kappa shape index (κ2) is 5.09. The molecule has 0 aliphatic rings. The number of aromatic nitrogens is 4. The number of halogens is 1. The summed E-state index contributed by atoms with van der Waals surface area (Å²) in [4.78, 5) is 5.93. The molecule has 0 amide bonds. The molecule has 0 atom stereocenters. The number of benzene rings is 1. The largest absolute Gasteiger partial charge is 0.471 e. The average Bonchev–Trinajstić information content (AvgIpc) is 2.81. The highest BCUT2D eigenvalue weighted by Crippen LogP contribution is 2.27. The summed E-state index contributed by atoms with van der Waals surface area (Å²) in [6.07, 6.45) is 1.68. The number of fused-ring (bicyclic) bond motifs is 1. The maximum absolute atomic E-state index is 6.02. The topological polar surface area (TPSA) is 52.8 Å². The van der Waals surface area contributed by atoms with E-state index in [0.29, 0.717) is 17.5 Å². The number of hydrogen-bond donors (Lipinski definition) is 0. The van der Waals surface area contributed by atoms with Gasteiger partial charge in [0, 0.05) is 23.2 Å². The van der Waals surface area contributed by atoms with Crippen molar-refractivity contribution < 1.29 is 4.74 Å². The Morgan fingerprint density at radius 2 is 2.15 bits per heavy atom. The van der Waals surface area contributed by atoms with Gasteiger partial charge in [0.05, 0.1) is 6.20 Å². The van der Waals surface area contributed by atoms with E-state index in [9.17, 15) is 0 Å². The van der Waals surface area contributed by atoms with Crippen LogP contribution in [-0.4, -0.2) is 20.0 Å². The Morgan fingerprint density at radius 3 is 2.90 bits per heavy atom. The first-order valence-corrected chi connectivity index (χ1v) is 6.54. The second-order valence-corrected chi connectivity index (χ2v) is 4.98. The highest BCUT2D eigenvalue weighted by Gasteiger charge is 2.08. The summed E-state index contributed by atoms with van der Waals surface area (Å²) in [5.41, 5.74) is 1.65. The van der Waals surface area contributed by atoms with E-state index in [1.807, 2.05) is 31.2 Å². The van der Waals surface area contributed by atoms with Gasteiger partial charge in [-0.25, -0.2) is 4.98 Å². The van der Waals surface area contributed by atoms with Crippen LogP contribution in [0.15, 0.2) is 30.5 Å². The lowest BCUT2D eigenvalue weighted by atomic mass is 10.1. The maximum Gasteiger partial charge on any atom is 0.221 e. The summed E-state index contributed by atoms with van der Waals surface area (Å²) >= 11 is 6.02. The highest BCUT2D eigenvalue weighted by atomic mass is 35.5. The predicted molar refractivity (Wildman–Crippen MR) is 76.8 cm³/mol. The van der Waals surface area contributed by atoms with E-state index in [1.54, 1.807) is 13.2 Å². The van der Waals surface area contributed by atoms with E-state index >= 15 is 0 Å². The molecule has 0 aliphatic heterocycles. The second-order valence-electron chi connectivity index (χ2n) is 4.55. The number of aryl methyl sites for hydroxylation is 2. The molecule has 0 fully saturated rings. The van der Waals surface area contributed by atoms with Gasteiger partial charge in [-0.2, -0.15) is 15.0 Å². The van der Waals surface area contributed by atoms with Crippen molar-refractivity contribution in [3.05, 3.63) is 46.9 Å². The van der Waals surface area contributed by atoms with E-state index < -0.39 is 0 Å². The summed E-state index contributed by atoms with van der Waals surface area (Å²) in [5.74, 6) is 0.585. The van der Waals surface area contributed by atoms with Crippen LogP contribution in [-0.2, 0) is 13.7 Å². The molecule has 2 aromatic heterocycles. The lowest BCUT2D eigenvalue weighted by Crippen LogP contribution is -2.01. The number of nitrogens with zero attached hydrogens (tertiary/aromatic N) is 4. The molecule has 6 heteroatoms. The van der Waals surface area contributed by atoms with E-state index in [-0.39, 0.29) is 0 Å². The Balaban J connectivity index is 1.94. The van der Waals surface area contributed by atoms with Gasteiger partial charge in [-0.15, -0.1) is 0 Å². The van der Waals surface area contributed by atoms with Crippen molar-refractivity contribution in [1.29, 1.82) is 0 Å². The Bertz CT molecular complexity index is 764. The molecule has 0 aliphatic carbocycles. The van der Waals surface area contributed by atoms with E-state index in [4.69, 9.17) is 16.3 Å². The summed E-state index contributed by atoms with van der Waals surface area (Å²) in [7, 11) is 1.77. The fraction of sp³-hybridized carbons (Fsp3) is 0.214. The van der Waals surface area contributed by atoms with Crippen LogP contribution >= 0.6 is 11.6 Å². The third-order valence-electron chi connectivity index (χ3n) is 2.89. The maximum atomic E-state index is 6.02. The normalized spacial score (nSPS) is 10.9. The first-order chi connectivity index (χ1) is 9.61. The first-order valence-electron chi connectivity index (χ1n) is 6.17. The van der Waals surface area contributed by atoms with Gasteiger partial charge in [0.15, 0.2) is 0 Å². The van der Waals surface area contributed by atoms with Crippen LogP contribution in [0, 0.1) is 6.92 Å². The SMILES string of the molecule is Cc1cc2cc(Cl)ccc2c(OCc2cnn(C)n2)n1. The van der Waals surface area contributed by atoms with Crippen molar-refractivity contribution in [3.63, 3.8) is 0 Å². The monoisotopic (exact) mass is 288 g/mol. The third-order valence-corrected chi connectivity index (χ3v) is 3.13. The highest BCUT2D eigenvalue weighted by molar-refractivity contribution is 6.31. The van der Waals surface area contributed by atoms with Gasteiger partial charge in [-0.3, -0.25) is 0 Å². The van der Waals surface area contributed by atoms with Crippen molar-refractivity contribution in [2.75, 3.05) is 0 Å². The molecular formula is C14H13ClN4O. The first kappa shape index (κ1) is 12.9. The number of pyridine rings is 1. The van der Waals surface area contributed by atoms with Crippen LogP contribution in [0.1, 0.15) is 11.4 Å². The zero-order valence-corrected chi connectivity index (χ0v) is 11.9. The summed E-state index contributed by atoms with van der Waals surface area (Å²) in [5, 5.41) is 10.8. The molecule has 20 heavy (non-hydrogen) atoms. The number of rotatable bonds is 3. The molecule has 0 bridgehead atoms. The summed E-state index contributed by atoms with van der Waals surface area (Å²) < 4.78 is 5.77. The Hall–Kier alpha value is -2.14. The molecule has 102 valence electrons. The van der Waals surface area contributed by atoms with Crippen molar-refractivity contribution in [3.8, 4) is 5.88 Å². The lowest BCUT2D eigenvalue weighted by molar-refractivity contribution is 0.291. The zero-order valence-electron chi connectivity index (χ0n) is 11.2. The fourth-order valence-electron chi connectivity index (χ4n) is 2.03. The van der Waals surface area contributed by atoms with Gasteiger partial charge in [-0.1, -0.05) is 11.6 Å². The molecule has 2 heterocycles. The minimum absolute atomic E-state index is 0.335. The van der Waals surface area contributed by atoms with Crippen LogP contribution in [0.5, 0.6) is 5.88 Å². The molecule has 0 saturated heterocycles. The molecule has 0 spiro atoms. The summed E-state index contributed by atoms with van der Waals surface area (Å²) in [6, 6.07) is 7.63. The van der Waals surface area contributed by atoms with Crippen LogP contribution in [0.3, 0.4) is 0 Å². The van der Waals surface area contributed by atoms with Gasteiger partial charge in [0.1, 0.15) is 12.3 Å². The fourth-order valence-corrected chi connectivity index (χ4v) is 2.21. The van der Waals surface area contributed by atoms with E-state index in [0.717, 1.165) is 22.2 Å². The van der Waals surface area contributed by atoms with Crippen LogP contribution in [0.4, 0.5) is 0 Å². The minimum Gasteiger partial charge on any atom is -0.471 e. The average molecular weight is 289 g/mol. The molecule has 3 rings (SSSR count). The Kier molecular flexibility index (Phi) is 3.28. The van der Waals surface area contributed by atoms with Crippen molar-refractivity contribution >= 4 is 22.4 Å². The van der Waals surface area contributed by atoms with Gasteiger partial charge in [0.2, 0.25) is 5.88 Å². The Labute approximate surface area is 121 Å². The van der Waals surface area contributed by atoms with Crippen molar-refractivity contribution in [2.24, 2.45) is 7.05 Å². The molecule has 0 radical (unpaired) electrons. The van der Waals surface area contributed by atoms with E-state index in [2.05, 4.69) is 15.2 Å². The quantitative estimate of drug-likeness (QED) is 0.743. The minimum atomic E-state index is 0.335. The van der Waals surface area contributed by atoms with Crippen molar-refractivity contribution in [2.45, 2.75) is 13.5 Å². The van der Waals surface area contributed by atoms with Gasteiger partial charge in [-0.05, 0) is 36.6 Å². The smallest absolute Gasteiger partial charge is 0.221 e. The summed E-state index contributed by atoms with van der Waals surface area (Å²) in [6.45, 7) is 2.26.